The predicted molar refractivity (Wildman–Crippen MR) is 129 cm³/mol. The van der Waals surface area contributed by atoms with Crippen molar-refractivity contribution in [3.63, 3.8) is 0 Å². The van der Waals surface area contributed by atoms with E-state index in [1.807, 2.05) is 20.8 Å². The molecule has 0 amide bonds. The Morgan fingerprint density at radius 3 is 2.34 bits per heavy atom. The van der Waals surface area contributed by atoms with Gasteiger partial charge in [0.15, 0.2) is 5.65 Å². The molecule has 1 saturated heterocycles. The number of aryl methyl sites for hydroxylation is 1. The minimum Gasteiger partial charge on any atom is -0.481 e. The molecule has 0 aliphatic carbocycles. The lowest BCUT2D eigenvalue weighted by molar-refractivity contribution is -0.152. The molecule has 0 spiro atoms. The maximum Gasteiger partial charge on any atom is 0.416 e. The average molecular weight is 489 g/mol. The van der Waals surface area contributed by atoms with Crippen LogP contribution in [0.2, 0.25) is 0 Å². The van der Waals surface area contributed by atoms with E-state index >= 15 is 0 Å². The number of rotatable bonds is 5. The maximum absolute atomic E-state index is 13.0. The predicted octanol–water partition coefficient (Wildman–Crippen LogP) is 6.17. The first-order chi connectivity index (χ1) is 16.3. The van der Waals surface area contributed by atoms with Gasteiger partial charge in [-0.05, 0) is 43.7 Å². The third-order valence-electron chi connectivity index (χ3n) is 7.24. The van der Waals surface area contributed by atoms with E-state index < -0.39 is 23.1 Å². The zero-order valence-electron chi connectivity index (χ0n) is 20.6. The van der Waals surface area contributed by atoms with Crippen molar-refractivity contribution >= 4 is 17.4 Å². The molecule has 1 fully saturated rings. The highest BCUT2D eigenvalue weighted by atomic mass is 19.4. The summed E-state index contributed by atoms with van der Waals surface area (Å²) in [5.74, 6) is 0.0766. The van der Waals surface area contributed by atoms with Crippen LogP contribution in [-0.2, 0) is 11.0 Å². The summed E-state index contributed by atoms with van der Waals surface area (Å²) < 4.78 is 40.8. The number of piperidine rings is 1. The Labute approximate surface area is 202 Å². The standard InChI is InChI=1S/C26H31F3N4O2/c1-15(2)22-17(5)30-21-13-20(18-7-9-19(10-8-18)26(27,28)29)31-33(21)23(22)32-12-6-11-25(14-32,16(3)4)24(34)35/h7-10,13,15-16H,6,11-12,14H2,1-5H3,(H,34,35). The quantitative estimate of drug-likeness (QED) is 0.465. The molecule has 2 aromatic heterocycles. The van der Waals surface area contributed by atoms with E-state index in [0.717, 1.165) is 35.6 Å². The Hall–Kier alpha value is -3.10. The van der Waals surface area contributed by atoms with Crippen LogP contribution in [0, 0.1) is 18.3 Å². The molecule has 35 heavy (non-hydrogen) atoms. The summed E-state index contributed by atoms with van der Waals surface area (Å²) in [6.07, 6.45) is -3.06. The second kappa shape index (κ2) is 8.84. The number of hydrogen-bond donors (Lipinski definition) is 1. The number of hydrogen-bond acceptors (Lipinski definition) is 4. The van der Waals surface area contributed by atoms with Crippen molar-refractivity contribution in [1.82, 2.24) is 14.6 Å². The second-order valence-electron chi connectivity index (χ2n) is 10.1. The summed E-state index contributed by atoms with van der Waals surface area (Å²) in [7, 11) is 0. The number of aliphatic carboxylic acids is 1. The van der Waals surface area contributed by atoms with Crippen molar-refractivity contribution in [1.29, 1.82) is 0 Å². The van der Waals surface area contributed by atoms with Gasteiger partial charge in [-0.1, -0.05) is 39.8 Å². The zero-order chi connectivity index (χ0) is 25.7. The number of halogens is 3. The van der Waals surface area contributed by atoms with Gasteiger partial charge in [-0.3, -0.25) is 4.79 Å². The van der Waals surface area contributed by atoms with E-state index in [9.17, 15) is 23.1 Å². The zero-order valence-corrected chi connectivity index (χ0v) is 20.6. The van der Waals surface area contributed by atoms with Crippen LogP contribution < -0.4 is 4.90 Å². The van der Waals surface area contributed by atoms with Crippen LogP contribution in [0.25, 0.3) is 16.9 Å². The Morgan fingerprint density at radius 1 is 1.14 bits per heavy atom. The molecule has 0 saturated carbocycles. The highest BCUT2D eigenvalue weighted by Gasteiger charge is 2.46. The molecular weight excluding hydrogens is 457 g/mol. The molecule has 6 nitrogen and oxygen atoms in total. The summed E-state index contributed by atoms with van der Waals surface area (Å²) in [6, 6.07) is 6.69. The van der Waals surface area contributed by atoms with Crippen molar-refractivity contribution < 1.29 is 23.1 Å². The normalized spacial score (nSPS) is 19.2. The highest BCUT2D eigenvalue weighted by molar-refractivity contribution is 5.77. The largest absolute Gasteiger partial charge is 0.481 e. The van der Waals surface area contributed by atoms with E-state index in [1.165, 1.54) is 12.1 Å². The van der Waals surface area contributed by atoms with Gasteiger partial charge in [0.05, 0.1) is 16.7 Å². The first-order valence-corrected chi connectivity index (χ1v) is 11.9. The smallest absolute Gasteiger partial charge is 0.416 e. The molecule has 4 rings (SSSR count). The van der Waals surface area contributed by atoms with Crippen LogP contribution in [-0.4, -0.2) is 38.8 Å². The van der Waals surface area contributed by atoms with Crippen LogP contribution in [0.5, 0.6) is 0 Å². The number of aromatic nitrogens is 3. The fourth-order valence-electron chi connectivity index (χ4n) is 5.22. The average Bonchev–Trinajstić information content (AvgIpc) is 3.20. The summed E-state index contributed by atoms with van der Waals surface area (Å²) in [5, 5.41) is 14.9. The molecule has 1 atom stereocenters. The Morgan fingerprint density at radius 2 is 1.80 bits per heavy atom. The van der Waals surface area contributed by atoms with Gasteiger partial charge in [0.2, 0.25) is 0 Å². The van der Waals surface area contributed by atoms with Crippen LogP contribution >= 0.6 is 0 Å². The Balaban J connectivity index is 1.87. The first kappa shape index (κ1) is 25.0. The molecule has 0 radical (unpaired) electrons. The van der Waals surface area contributed by atoms with E-state index in [2.05, 4.69) is 18.7 Å². The van der Waals surface area contributed by atoms with Gasteiger partial charge in [-0.15, -0.1) is 0 Å². The van der Waals surface area contributed by atoms with Crippen molar-refractivity contribution in [2.45, 2.75) is 59.6 Å². The van der Waals surface area contributed by atoms with Crippen molar-refractivity contribution in [3.05, 3.63) is 47.2 Å². The molecule has 1 unspecified atom stereocenters. The van der Waals surface area contributed by atoms with Gasteiger partial charge >= 0.3 is 12.1 Å². The maximum atomic E-state index is 13.0. The van der Waals surface area contributed by atoms with Gasteiger partial charge in [0.25, 0.3) is 0 Å². The van der Waals surface area contributed by atoms with E-state index in [4.69, 9.17) is 10.1 Å². The number of nitrogens with zero attached hydrogens (tertiary/aromatic N) is 4. The lowest BCUT2D eigenvalue weighted by Crippen LogP contribution is -2.51. The molecule has 1 N–H and O–H groups in total. The van der Waals surface area contributed by atoms with E-state index in [0.29, 0.717) is 36.4 Å². The van der Waals surface area contributed by atoms with Crippen LogP contribution in [0.1, 0.15) is 63.3 Å². The topological polar surface area (TPSA) is 70.7 Å². The minimum absolute atomic E-state index is 0.0518. The molecule has 0 bridgehead atoms. The monoisotopic (exact) mass is 488 g/mol. The third kappa shape index (κ3) is 4.36. The molecule has 3 heterocycles. The number of alkyl halides is 3. The number of benzene rings is 1. The minimum atomic E-state index is -4.41. The number of carboxylic acids is 1. The number of carboxylic acid groups (broad SMARTS) is 1. The van der Waals surface area contributed by atoms with Crippen molar-refractivity contribution in [2.75, 3.05) is 18.0 Å². The number of carbonyl (C=O) groups is 1. The van der Waals surface area contributed by atoms with Gasteiger partial charge < -0.3 is 10.0 Å². The first-order valence-electron chi connectivity index (χ1n) is 11.9. The molecular formula is C26H31F3N4O2. The molecule has 1 aliphatic rings. The van der Waals surface area contributed by atoms with E-state index in [-0.39, 0.29) is 11.8 Å². The van der Waals surface area contributed by atoms with Gasteiger partial charge in [0.1, 0.15) is 5.82 Å². The van der Waals surface area contributed by atoms with Crippen LogP contribution in [0.4, 0.5) is 19.0 Å². The van der Waals surface area contributed by atoms with Gasteiger partial charge in [-0.2, -0.15) is 22.8 Å². The van der Waals surface area contributed by atoms with Crippen molar-refractivity contribution in [2.24, 2.45) is 11.3 Å². The summed E-state index contributed by atoms with van der Waals surface area (Å²) in [4.78, 5) is 19.2. The second-order valence-corrected chi connectivity index (χ2v) is 10.1. The lowest BCUT2D eigenvalue weighted by Gasteiger charge is -2.44. The fourth-order valence-corrected chi connectivity index (χ4v) is 5.22. The molecule has 188 valence electrons. The lowest BCUT2D eigenvalue weighted by atomic mass is 9.71. The molecule has 3 aromatic rings. The summed E-state index contributed by atoms with van der Waals surface area (Å²) in [6.45, 7) is 11.0. The molecule has 9 heteroatoms. The SMILES string of the molecule is Cc1nc2cc(-c3ccc(C(F)(F)F)cc3)nn2c(N2CCCC(C(=O)O)(C(C)C)C2)c1C(C)C. The highest BCUT2D eigenvalue weighted by Crippen LogP contribution is 2.42. The van der Waals surface area contributed by atoms with E-state index in [1.54, 1.807) is 10.6 Å². The summed E-state index contributed by atoms with van der Waals surface area (Å²) in [5.41, 5.74) is 1.87. The molecule has 1 aliphatic heterocycles. The third-order valence-corrected chi connectivity index (χ3v) is 7.24. The Kier molecular flexibility index (Phi) is 6.32. The number of fused-ring (bicyclic) bond motifs is 1. The van der Waals surface area contributed by atoms with Crippen LogP contribution in [0.15, 0.2) is 30.3 Å². The molecule has 1 aromatic carbocycles. The van der Waals surface area contributed by atoms with Crippen molar-refractivity contribution in [3.8, 4) is 11.3 Å². The Bertz CT molecular complexity index is 1250. The number of anilines is 1. The summed E-state index contributed by atoms with van der Waals surface area (Å²) >= 11 is 0. The fraction of sp³-hybridized carbons (Fsp3) is 0.500. The van der Waals surface area contributed by atoms with Gasteiger partial charge in [-0.25, -0.2) is 4.98 Å². The van der Waals surface area contributed by atoms with Gasteiger partial charge in [0, 0.05) is 36.0 Å². The van der Waals surface area contributed by atoms with Crippen LogP contribution in [0.3, 0.4) is 0 Å².